The number of sulfone groups is 1. The fourth-order valence-corrected chi connectivity index (χ4v) is 4.67. The molecule has 1 saturated heterocycles. The summed E-state index contributed by atoms with van der Waals surface area (Å²) < 4.78 is 25.2. The molecule has 2 aromatic rings. The molecular formula is C17H20N2O3S. The molecule has 0 saturated carbocycles. The molecule has 1 aromatic heterocycles. The van der Waals surface area contributed by atoms with Crippen molar-refractivity contribution in [2.45, 2.75) is 18.9 Å². The molecule has 1 aromatic carbocycles. The first-order valence-electron chi connectivity index (χ1n) is 7.69. The molecule has 1 aliphatic rings. The van der Waals surface area contributed by atoms with Gasteiger partial charge in [0.25, 0.3) is 5.91 Å². The van der Waals surface area contributed by atoms with Crippen LogP contribution in [-0.4, -0.2) is 36.4 Å². The van der Waals surface area contributed by atoms with Gasteiger partial charge in [0.2, 0.25) is 0 Å². The van der Waals surface area contributed by atoms with Gasteiger partial charge in [-0.15, -0.1) is 0 Å². The molecule has 1 fully saturated rings. The van der Waals surface area contributed by atoms with Crippen LogP contribution in [0.4, 0.5) is 0 Å². The average molecular weight is 332 g/mol. The number of benzene rings is 1. The number of hydrogen-bond acceptors (Lipinski definition) is 3. The molecule has 0 bridgehead atoms. The number of nitrogens with zero attached hydrogens (tertiary/aromatic N) is 1. The molecule has 1 unspecified atom stereocenters. The first-order chi connectivity index (χ1) is 11.0. The Balaban J connectivity index is 1.77. The van der Waals surface area contributed by atoms with Gasteiger partial charge in [0.1, 0.15) is 5.69 Å². The van der Waals surface area contributed by atoms with Crippen molar-refractivity contribution >= 4 is 15.7 Å². The quantitative estimate of drug-likeness (QED) is 0.935. The van der Waals surface area contributed by atoms with Crippen molar-refractivity contribution < 1.29 is 13.2 Å². The Hall–Kier alpha value is -2.08. The zero-order chi connectivity index (χ0) is 16.4. The summed E-state index contributed by atoms with van der Waals surface area (Å²) >= 11 is 0. The van der Waals surface area contributed by atoms with E-state index in [9.17, 15) is 13.2 Å². The maximum absolute atomic E-state index is 12.5. The lowest BCUT2D eigenvalue weighted by molar-refractivity contribution is 0.0930. The van der Waals surface area contributed by atoms with Gasteiger partial charge in [-0.3, -0.25) is 4.79 Å². The van der Waals surface area contributed by atoms with Gasteiger partial charge in [-0.1, -0.05) is 30.3 Å². The van der Waals surface area contributed by atoms with Crippen LogP contribution in [0.5, 0.6) is 0 Å². The third kappa shape index (κ3) is 3.47. The minimum Gasteiger partial charge on any atom is -0.347 e. The fourth-order valence-electron chi connectivity index (χ4n) is 3.03. The molecule has 1 aliphatic heterocycles. The second kappa shape index (κ2) is 6.20. The first-order valence-corrected chi connectivity index (χ1v) is 9.51. The highest BCUT2D eigenvalue weighted by Gasteiger charge is 2.26. The van der Waals surface area contributed by atoms with Crippen LogP contribution in [0.2, 0.25) is 0 Å². The molecule has 1 amide bonds. The number of nitrogens with one attached hydrogen (secondary N) is 1. The highest BCUT2D eigenvalue weighted by Crippen LogP contribution is 2.21. The van der Waals surface area contributed by atoms with Crippen molar-refractivity contribution in [1.29, 1.82) is 0 Å². The van der Waals surface area contributed by atoms with Gasteiger partial charge in [-0.05, 0) is 30.5 Å². The molecule has 6 heteroatoms. The van der Waals surface area contributed by atoms with Crippen LogP contribution in [0.3, 0.4) is 0 Å². The Morgan fingerprint density at radius 3 is 2.61 bits per heavy atom. The minimum absolute atomic E-state index is 0.0364. The second-order valence-electron chi connectivity index (χ2n) is 5.96. The van der Waals surface area contributed by atoms with E-state index < -0.39 is 9.84 Å². The predicted molar refractivity (Wildman–Crippen MR) is 90.0 cm³/mol. The number of carbonyl (C=O) groups is 1. The van der Waals surface area contributed by atoms with E-state index in [-0.39, 0.29) is 23.5 Å². The zero-order valence-electron chi connectivity index (χ0n) is 13.0. The Bertz CT molecular complexity index is 810. The lowest BCUT2D eigenvalue weighted by Crippen LogP contribution is -2.43. The SMILES string of the molecule is Cn1c(C(=O)NC2CCCS(=O)(=O)C2)ccc1-c1ccccc1. The van der Waals surface area contributed by atoms with E-state index in [0.29, 0.717) is 18.5 Å². The average Bonchev–Trinajstić information content (AvgIpc) is 2.89. The smallest absolute Gasteiger partial charge is 0.268 e. The summed E-state index contributed by atoms with van der Waals surface area (Å²) in [5.74, 6) is 0.0351. The molecule has 2 heterocycles. The summed E-state index contributed by atoms with van der Waals surface area (Å²) in [6.07, 6.45) is 1.32. The van der Waals surface area contributed by atoms with Gasteiger partial charge in [0.15, 0.2) is 9.84 Å². The van der Waals surface area contributed by atoms with E-state index in [1.54, 1.807) is 6.07 Å². The van der Waals surface area contributed by atoms with Crippen molar-refractivity contribution in [3.8, 4) is 11.3 Å². The lowest BCUT2D eigenvalue weighted by Gasteiger charge is -2.23. The molecule has 1 atom stereocenters. The lowest BCUT2D eigenvalue weighted by atomic mass is 10.2. The van der Waals surface area contributed by atoms with Crippen LogP contribution in [0, 0.1) is 0 Å². The van der Waals surface area contributed by atoms with Crippen molar-refractivity contribution in [2.75, 3.05) is 11.5 Å². The fraction of sp³-hybridized carbons (Fsp3) is 0.353. The molecule has 0 aliphatic carbocycles. The van der Waals surface area contributed by atoms with Gasteiger partial charge < -0.3 is 9.88 Å². The molecule has 3 rings (SSSR count). The standard InChI is InChI=1S/C17H20N2O3S/c1-19-15(13-6-3-2-4-7-13)9-10-16(19)17(20)18-14-8-5-11-23(21,22)12-14/h2-4,6-7,9-10,14H,5,8,11-12H2,1H3,(H,18,20). The van der Waals surface area contributed by atoms with Gasteiger partial charge in [-0.25, -0.2) is 8.42 Å². The van der Waals surface area contributed by atoms with Crippen molar-refractivity contribution in [3.63, 3.8) is 0 Å². The van der Waals surface area contributed by atoms with Crippen LogP contribution >= 0.6 is 0 Å². The highest BCUT2D eigenvalue weighted by atomic mass is 32.2. The van der Waals surface area contributed by atoms with E-state index in [1.165, 1.54) is 0 Å². The van der Waals surface area contributed by atoms with Crippen LogP contribution in [0.1, 0.15) is 23.3 Å². The largest absolute Gasteiger partial charge is 0.347 e. The van der Waals surface area contributed by atoms with Gasteiger partial charge in [0.05, 0.1) is 11.5 Å². The summed E-state index contributed by atoms with van der Waals surface area (Å²) in [7, 11) is -1.19. The minimum atomic E-state index is -3.03. The number of amides is 1. The Morgan fingerprint density at radius 2 is 1.91 bits per heavy atom. The van der Waals surface area contributed by atoms with Crippen LogP contribution in [0.15, 0.2) is 42.5 Å². The van der Waals surface area contributed by atoms with Crippen molar-refractivity contribution in [2.24, 2.45) is 7.05 Å². The van der Waals surface area contributed by atoms with Gasteiger partial charge in [-0.2, -0.15) is 0 Å². The van der Waals surface area contributed by atoms with Crippen LogP contribution < -0.4 is 5.32 Å². The molecule has 0 spiro atoms. The Labute approximate surface area is 136 Å². The highest BCUT2D eigenvalue weighted by molar-refractivity contribution is 7.91. The number of rotatable bonds is 3. The third-order valence-corrected chi connectivity index (χ3v) is 6.04. The molecule has 122 valence electrons. The Kier molecular flexibility index (Phi) is 4.26. The summed E-state index contributed by atoms with van der Waals surface area (Å²) in [5.41, 5.74) is 2.52. The summed E-state index contributed by atoms with van der Waals surface area (Å²) in [6, 6.07) is 13.2. The Morgan fingerprint density at radius 1 is 1.17 bits per heavy atom. The van der Waals surface area contributed by atoms with Crippen molar-refractivity contribution in [1.82, 2.24) is 9.88 Å². The predicted octanol–water partition coefficient (Wildman–Crippen LogP) is 2.00. The number of hydrogen-bond donors (Lipinski definition) is 1. The maximum Gasteiger partial charge on any atom is 0.268 e. The molecule has 0 radical (unpaired) electrons. The van der Waals surface area contributed by atoms with E-state index in [4.69, 9.17) is 0 Å². The van der Waals surface area contributed by atoms with E-state index in [2.05, 4.69) is 5.32 Å². The third-order valence-electron chi connectivity index (χ3n) is 4.22. The zero-order valence-corrected chi connectivity index (χ0v) is 13.8. The van der Waals surface area contributed by atoms with Crippen LogP contribution in [0.25, 0.3) is 11.3 Å². The second-order valence-corrected chi connectivity index (χ2v) is 8.18. The maximum atomic E-state index is 12.5. The summed E-state index contributed by atoms with van der Waals surface area (Å²) in [4.78, 5) is 12.5. The van der Waals surface area contributed by atoms with Crippen LogP contribution in [-0.2, 0) is 16.9 Å². The monoisotopic (exact) mass is 332 g/mol. The summed E-state index contributed by atoms with van der Waals surface area (Å²) in [5, 5.41) is 2.86. The van der Waals surface area contributed by atoms with Crippen molar-refractivity contribution in [3.05, 3.63) is 48.2 Å². The van der Waals surface area contributed by atoms with Gasteiger partial charge >= 0.3 is 0 Å². The van der Waals surface area contributed by atoms with Gasteiger partial charge in [0, 0.05) is 18.8 Å². The summed E-state index contributed by atoms with van der Waals surface area (Å²) in [6.45, 7) is 0. The normalized spacial score (nSPS) is 20.1. The molecule has 5 nitrogen and oxygen atoms in total. The molecule has 1 N–H and O–H groups in total. The van der Waals surface area contributed by atoms with E-state index >= 15 is 0 Å². The molecular weight excluding hydrogens is 312 g/mol. The number of aromatic nitrogens is 1. The first kappa shape index (κ1) is 15.8. The topological polar surface area (TPSA) is 68.2 Å². The van der Waals surface area contributed by atoms with E-state index in [1.807, 2.05) is 48.0 Å². The number of carbonyl (C=O) groups excluding carboxylic acids is 1. The van der Waals surface area contributed by atoms with E-state index in [0.717, 1.165) is 11.3 Å². The molecule has 23 heavy (non-hydrogen) atoms.